The van der Waals surface area contributed by atoms with E-state index in [4.69, 9.17) is 27.9 Å². The van der Waals surface area contributed by atoms with Gasteiger partial charge in [-0.3, -0.25) is 0 Å². The number of esters is 1. The van der Waals surface area contributed by atoms with Crippen LogP contribution in [0.2, 0.25) is 10.0 Å². The number of nitrogens with one attached hydrogen (secondary N) is 1. The van der Waals surface area contributed by atoms with Gasteiger partial charge in [-0.15, -0.1) is 0 Å². The van der Waals surface area contributed by atoms with Crippen LogP contribution >= 0.6 is 39.1 Å². The highest BCUT2D eigenvalue weighted by atomic mass is 79.9. The van der Waals surface area contributed by atoms with Crippen molar-refractivity contribution in [2.75, 3.05) is 12.4 Å². The number of hydrogen-bond donors (Lipinski definition) is 1. The molecule has 0 saturated carbocycles. The Morgan fingerprint density at radius 2 is 2.00 bits per heavy atom. The van der Waals surface area contributed by atoms with Crippen molar-refractivity contribution < 1.29 is 9.53 Å². The van der Waals surface area contributed by atoms with Gasteiger partial charge in [-0.1, -0.05) is 45.2 Å². The van der Waals surface area contributed by atoms with E-state index in [0.29, 0.717) is 15.6 Å². The van der Waals surface area contributed by atoms with E-state index in [2.05, 4.69) is 21.2 Å². The molecule has 0 amide bonds. The van der Waals surface area contributed by atoms with Crippen molar-refractivity contribution >= 4 is 50.8 Å². The zero-order valence-corrected chi connectivity index (χ0v) is 14.2. The molecule has 2 aromatic carbocycles. The number of benzene rings is 2. The molecule has 0 fully saturated rings. The molecule has 0 aliphatic rings. The minimum Gasteiger partial charge on any atom is -0.467 e. The second kappa shape index (κ2) is 7.16. The predicted octanol–water partition coefficient (Wildman–Crippen LogP) is 5.08. The number of carbonyl (C=O) groups excluding carboxylic acids is 1. The van der Waals surface area contributed by atoms with Gasteiger partial charge in [0.15, 0.2) is 6.04 Å². The van der Waals surface area contributed by atoms with Crippen LogP contribution < -0.4 is 5.32 Å². The van der Waals surface area contributed by atoms with Crippen molar-refractivity contribution in [2.24, 2.45) is 0 Å². The maximum Gasteiger partial charge on any atom is 0.333 e. The third-order valence-corrected chi connectivity index (χ3v) is 3.91. The first-order valence-corrected chi connectivity index (χ1v) is 7.61. The summed E-state index contributed by atoms with van der Waals surface area (Å²) < 4.78 is 5.75. The number of hydrogen-bond acceptors (Lipinski definition) is 3. The third kappa shape index (κ3) is 4.13. The largest absolute Gasteiger partial charge is 0.467 e. The summed E-state index contributed by atoms with van der Waals surface area (Å²) in [7, 11) is 1.33. The van der Waals surface area contributed by atoms with E-state index >= 15 is 0 Å². The van der Waals surface area contributed by atoms with Crippen molar-refractivity contribution in [3.63, 3.8) is 0 Å². The molecule has 2 rings (SSSR count). The molecule has 0 spiro atoms. The number of carbonyl (C=O) groups is 1. The van der Waals surface area contributed by atoms with Gasteiger partial charge in [0.25, 0.3) is 0 Å². The molecule has 1 N–H and O–H groups in total. The van der Waals surface area contributed by atoms with Crippen LogP contribution in [0.4, 0.5) is 5.69 Å². The maximum atomic E-state index is 12.1. The summed E-state index contributed by atoms with van der Waals surface area (Å²) in [6.07, 6.45) is 0. The molecule has 6 heteroatoms. The smallest absolute Gasteiger partial charge is 0.333 e. The Bertz CT molecular complexity index is 664. The normalized spacial score (nSPS) is 11.8. The first-order valence-electron chi connectivity index (χ1n) is 6.06. The lowest BCUT2D eigenvalue weighted by atomic mass is 10.1. The standard InChI is InChI=1S/C15H12BrCl2NO2/c1-21-15(20)14(12-8-10(17)5-6-13(12)18)19-11-4-2-3-9(16)7-11/h2-8,14,19H,1H3. The van der Waals surface area contributed by atoms with Gasteiger partial charge >= 0.3 is 5.97 Å². The maximum absolute atomic E-state index is 12.1. The average molecular weight is 389 g/mol. The number of anilines is 1. The molecule has 3 nitrogen and oxygen atoms in total. The van der Waals surface area contributed by atoms with Crippen molar-refractivity contribution in [3.05, 3.63) is 62.5 Å². The van der Waals surface area contributed by atoms with Crippen molar-refractivity contribution in [1.82, 2.24) is 0 Å². The zero-order valence-electron chi connectivity index (χ0n) is 11.1. The number of ether oxygens (including phenoxy) is 1. The molecule has 2 aromatic rings. The minimum atomic E-state index is -0.740. The van der Waals surface area contributed by atoms with Crippen molar-refractivity contribution in [3.8, 4) is 0 Å². The van der Waals surface area contributed by atoms with Crippen LogP contribution in [0.1, 0.15) is 11.6 Å². The molecule has 0 aliphatic heterocycles. The SMILES string of the molecule is COC(=O)C(Nc1cccc(Br)c1)c1cc(Cl)ccc1Cl. The van der Waals surface area contributed by atoms with Crippen LogP contribution in [-0.2, 0) is 9.53 Å². The molecule has 1 unspecified atom stereocenters. The molecule has 0 aliphatic carbocycles. The van der Waals surface area contributed by atoms with Crippen LogP contribution in [0.15, 0.2) is 46.9 Å². The molecular formula is C15H12BrCl2NO2. The highest BCUT2D eigenvalue weighted by Gasteiger charge is 2.24. The Kier molecular flexibility index (Phi) is 5.51. The van der Waals surface area contributed by atoms with Crippen LogP contribution in [0, 0.1) is 0 Å². The Morgan fingerprint density at radius 1 is 1.24 bits per heavy atom. The molecule has 0 radical (unpaired) electrons. The van der Waals surface area contributed by atoms with Gasteiger partial charge in [-0.2, -0.15) is 0 Å². The van der Waals surface area contributed by atoms with E-state index in [-0.39, 0.29) is 0 Å². The highest BCUT2D eigenvalue weighted by molar-refractivity contribution is 9.10. The van der Waals surface area contributed by atoms with E-state index in [1.54, 1.807) is 18.2 Å². The molecule has 0 heterocycles. The van der Waals surface area contributed by atoms with Crippen LogP contribution in [0.25, 0.3) is 0 Å². The molecule has 0 saturated heterocycles. The minimum absolute atomic E-state index is 0.442. The Hall–Kier alpha value is -1.23. The lowest BCUT2D eigenvalue weighted by Crippen LogP contribution is -2.22. The van der Waals surface area contributed by atoms with Crippen molar-refractivity contribution in [2.45, 2.75) is 6.04 Å². The third-order valence-electron chi connectivity index (χ3n) is 2.84. The van der Waals surface area contributed by atoms with Gasteiger partial charge in [0, 0.05) is 25.8 Å². The van der Waals surface area contributed by atoms with Gasteiger partial charge < -0.3 is 10.1 Å². The lowest BCUT2D eigenvalue weighted by molar-refractivity contribution is -0.141. The topological polar surface area (TPSA) is 38.3 Å². The average Bonchev–Trinajstić information content (AvgIpc) is 2.47. The first kappa shape index (κ1) is 16.1. The van der Waals surface area contributed by atoms with E-state index in [9.17, 15) is 4.79 Å². The summed E-state index contributed by atoms with van der Waals surface area (Å²) in [4.78, 5) is 12.1. The number of methoxy groups -OCH3 is 1. The van der Waals surface area contributed by atoms with Crippen LogP contribution in [0.3, 0.4) is 0 Å². The summed E-state index contributed by atoms with van der Waals surface area (Å²) in [6, 6.07) is 11.7. The van der Waals surface area contributed by atoms with Crippen LogP contribution in [-0.4, -0.2) is 13.1 Å². The predicted molar refractivity (Wildman–Crippen MR) is 89.0 cm³/mol. The van der Waals surface area contributed by atoms with Crippen molar-refractivity contribution in [1.29, 1.82) is 0 Å². The molecule has 21 heavy (non-hydrogen) atoms. The molecule has 1 atom stereocenters. The zero-order chi connectivity index (χ0) is 15.4. The summed E-state index contributed by atoms with van der Waals surface area (Å²) in [6.45, 7) is 0. The molecule has 110 valence electrons. The van der Waals surface area contributed by atoms with Gasteiger partial charge in [-0.05, 0) is 36.4 Å². The summed E-state index contributed by atoms with van der Waals surface area (Å²) in [5.74, 6) is -0.445. The Morgan fingerprint density at radius 3 is 2.67 bits per heavy atom. The fourth-order valence-corrected chi connectivity index (χ4v) is 2.67. The quantitative estimate of drug-likeness (QED) is 0.742. The monoisotopic (exact) mass is 387 g/mol. The van der Waals surface area contributed by atoms with Gasteiger partial charge in [0.2, 0.25) is 0 Å². The van der Waals surface area contributed by atoms with Gasteiger partial charge in [-0.25, -0.2) is 4.79 Å². The summed E-state index contributed by atoms with van der Waals surface area (Å²) in [5.41, 5.74) is 1.33. The Labute approximate surface area is 141 Å². The molecule has 0 bridgehead atoms. The lowest BCUT2D eigenvalue weighted by Gasteiger charge is -2.19. The fourth-order valence-electron chi connectivity index (χ4n) is 1.86. The fraction of sp³-hybridized carbons (Fsp3) is 0.133. The first-order chi connectivity index (χ1) is 10.0. The van der Waals surface area contributed by atoms with Crippen LogP contribution in [0.5, 0.6) is 0 Å². The second-order valence-corrected chi connectivity index (χ2v) is 6.04. The van der Waals surface area contributed by atoms with E-state index in [1.807, 2.05) is 24.3 Å². The van der Waals surface area contributed by atoms with Gasteiger partial charge in [0.1, 0.15) is 0 Å². The second-order valence-electron chi connectivity index (χ2n) is 4.28. The van der Waals surface area contributed by atoms with Gasteiger partial charge in [0.05, 0.1) is 7.11 Å². The Balaban J connectivity index is 2.39. The molecule has 0 aromatic heterocycles. The van der Waals surface area contributed by atoms with E-state index in [1.165, 1.54) is 7.11 Å². The van der Waals surface area contributed by atoms with E-state index < -0.39 is 12.0 Å². The highest BCUT2D eigenvalue weighted by Crippen LogP contribution is 2.30. The van der Waals surface area contributed by atoms with E-state index in [0.717, 1.165) is 10.2 Å². The summed E-state index contributed by atoms with van der Waals surface area (Å²) >= 11 is 15.5. The molecular weight excluding hydrogens is 377 g/mol. The number of halogens is 3. The summed E-state index contributed by atoms with van der Waals surface area (Å²) in [5, 5.41) is 4.05. The number of rotatable bonds is 4.